The van der Waals surface area contributed by atoms with Crippen molar-refractivity contribution in [3.05, 3.63) is 95.4 Å². The lowest BCUT2D eigenvalue weighted by molar-refractivity contribution is -0.165. The average molecular weight is 576 g/mol. The van der Waals surface area contributed by atoms with Crippen LogP contribution in [0.25, 0.3) is 22.3 Å². The Morgan fingerprint density at radius 1 is 0.878 bits per heavy atom. The molecule has 2 N–H and O–H groups in total. The molecule has 1 atom stereocenters. The van der Waals surface area contributed by atoms with Crippen molar-refractivity contribution >= 4 is 22.9 Å². The Morgan fingerprint density at radius 3 is 2.20 bits per heavy atom. The van der Waals surface area contributed by atoms with Crippen molar-refractivity contribution in [2.24, 2.45) is 0 Å². The van der Waals surface area contributed by atoms with Gasteiger partial charge in [0.25, 0.3) is 0 Å². The van der Waals surface area contributed by atoms with Crippen molar-refractivity contribution in [2.45, 2.75) is 43.8 Å². The van der Waals surface area contributed by atoms with Crippen LogP contribution in [0.15, 0.2) is 72.8 Å². The first-order chi connectivity index (χ1) is 19.3. The van der Waals surface area contributed by atoms with E-state index in [0.29, 0.717) is 28.0 Å². The Bertz CT molecular complexity index is 1540. The second-order valence-electron chi connectivity index (χ2n) is 9.34. The van der Waals surface area contributed by atoms with E-state index in [-0.39, 0.29) is 23.9 Å². The smallest absolute Gasteiger partial charge is 0.412 e. The van der Waals surface area contributed by atoms with Gasteiger partial charge in [0, 0.05) is 12.0 Å². The largest absolute Gasteiger partial charge is 0.477 e. The molecule has 0 saturated heterocycles. The highest BCUT2D eigenvalue weighted by Gasteiger charge is 2.42. The minimum absolute atomic E-state index is 0.0221. The molecule has 0 radical (unpaired) electrons. The van der Waals surface area contributed by atoms with Crippen LogP contribution in [0.2, 0.25) is 0 Å². The number of nitrogens with one attached hydrogen (secondary N) is 1. The molecule has 41 heavy (non-hydrogen) atoms. The molecule has 1 amide bonds. The van der Waals surface area contributed by atoms with Crippen molar-refractivity contribution in [3.63, 3.8) is 0 Å². The number of nitrogens with zero attached hydrogens (tertiary/aromatic N) is 2. The van der Waals surface area contributed by atoms with Crippen molar-refractivity contribution in [1.82, 2.24) is 15.3 Å². The molecule has 1 aromatic heterocycles. The zero-order valence-electron chi connectivity index (χ0n) is 21.3. The third kappa shape index (κ3) is 7.38. The Hall–Kier alpha value is -4.48. The summed E-state index contributed by atoms with van der Waals surface area (Å²) in [5.74, 6) is -7.79. The van der Waals surface area contributed by atoms with Gasteiger partial charge in [0.1, 0.15) is 5.82 Å². The maximum Gasteiger partial charge on any atom is 0.412 e. The summed E-state index contributed by atoms with van der Waals surface area (Å²) >= 11 is 0. The number of fused-ring (bicyclic) bond motifs is 1. The predicted molar refractivity (Wildman–Crippen MR) is 138 cm³/mol. The number of hydrogen-bond acceptors (Lipinski definition) is 4. The van der Waals surface area contributed by atoms with Crippen LogP contribution in [0.3, 0.4) is 0 Å². The molecule has 0 fully saturated rings. The number of aliphatic carboxylic acids is 1. The number of carboxylic acid groups (broad SMARTS) is 1. The fraction of sp³-hybridized carbons (Fsp3) is 0.241. The first-order valence-electron chi connectivity index (χ1n) is 12.4. The lowest BCUT2D eigenvalue weighted by atomic mass is 10.0. The summed E-state index contributed by atoms with van der Waals surface area (Å²) in [4.78, 5) is 32.5. The quantitative estimate of drug-likeness (QED) is 0.212. The topological polar surface area (TPSA) is 92.2 Å². The first kappa shape index (κ1) is 29.5. The molecular weight excluding hydrogens is 552 g/mol. The highest BCUT2D eigenvalue weighted by Crippen LogP contribution is 2.33. The summed E-state index contributed by atoms with van der Waals surface area (Å²) in [6, 6.07) is 14.6. The van der Waals surface area contributed by atoms with Gasteiger partial charge in [0.2, 0.25) is 5.91 Å². The Morgan fingerprint density at radius 2 is 1.56 bits per heavy atom. The normalized spacial score (nSPS) is 12.7. The summed E-state index contributed by atoms with van der Waals surface area (Å²) in [5.41, 5.74) is 2.05. The molecule has 4 rings (SSSR count). The molecule has 0 spiro atoms. The van der Waals surface area contributed by atoms with E-state index >= 15 is 0 Å². The van der Waals surface area contributed by atoms with E-state index in [4.69, 9.17) is 5.11 Å². The third-order valence-corrected chi connectivity index (χ3v) is 6.27. The van der Waals surface area contributed by atoms with E-state index in [1.807, 2.05) is 5.32 Å². The zero-order valence-corrected chi connectivity index (χ0v) is 21.3. The van der Waals surface area contributed by atoms with Crippen LogP contribution < -0.4 is 5.32 Å². The van der Waals surface area contributed by atoms with Gasteiger partial charge in [-0.25, -0.2) is 19.2 Å². The molecule has 0 aliphatic rings. The fourth-order valence-corrected chi connectivity index (χ4v) is 4.24. The van der Waals surface area contributed by atoms with Crippen molar-refractivity contribution < 1.29 is 41.0 Å². The number of hydrogen-bond donors (Lipinski definition) is 2. The number of carbonyl (C=O) groups is 2. The number of alkyl halides is 5. The molecule has 0 aliphatic heterocycles. The van der Waals surface area contributed by atoms with E-state index in [0.717, 1.165) is 24.3 Å². The lowest BCUT2D eigenvalue weighted by Crippen LogP contribution is -2.38. The third-order valence-electron chi connectivity index (χ3n) is 6.27. The number of halogens is 6. The van der Waals surface area contributed by atoms with Gasteiger partial charge in [-0.3, -0.25) is 4.79 Å². The Balaban J connectivity index is 1.59. The Labute approximate surface area is 230 Å². The number of benzene rings is 3. The molecule has 4 aromatic rings. The molecule has 0 unspecified atom stereocenters. The van der Waals surface area contributed by atoms with E-state index in [9.17, 15) is 35.9 Å². The van der Waals surface area contributed by atoms with Gasteiger partial charge in [-0.05, 0) is 48.2 Å². The molecule has 0 bridgehead atoms. The standard InChI is InChI=1S/C29H23F6N3O3/c30-20-11-9-19(10-12-20)26(29(33,34)35)38-24(39)16-17-8-13-21-23(15-17)36-22(7-4-14-28(31,32)27(40)41)25(37-21)18-5-2-1-3-6-18/h1-3,5-6,8-13,15,26H,4,7,14,16H2,(H,38,39)(H,40,41)/t26-/m1/s1. The van der Waals surface area contributed by atoms with E-state index < -0.39 is 48.7 Å². The highest BCUT2D eigenvalue weighted by atomic mass is 19.4. The van der Waals surface area contributed by atoms with E-state index in [1.54, 1.807) is 36.4 Å². The summed E-state index contributed by atoms with van der Waals surface area (Å²) in [6.45, 7) is 0. The Kier molecular flexibility index (Phi) is 8.60. The second kappa shape index (κ2) is 11.9. The zero-order chi connectivity index (χ0) is 29.8. The molecule has 214 valence electrons. The van der Waals surface area contributed by atoms with Gasteiger partial charge in [0.05, 0.1) is 28.8 Å². The summed E-state index contributed by atoms with van der Waals surface area (Å²) < 4.78 is 81.4. The van der Waals surface area contributed by atoms with Crippen molar-refractivity contribution in [1.29, 1.82) is 0 Å². The van der Waals surface area contributed by atoms with Crippen LogP contribution in [0, 0.1) is 5.82 Å². The molecular formula is C29H23F6N3O3. The van der Waals surface area contributed by atoms with Gasteiger partial charge in [-0.2, -0.15) is 22.0 Å². The van der Waals surface area contributed by atoms with Gasteiger partial charge < -0.3 is 10.4 Å². The molecule has 1 heterocycles. The van der Waals surface area contributed by atoms with Crippen LogP contribution >= 0.6 is 0 Å². The van der Waals surface area contributed by atoms with Crippen LogP contribution in [-0.4, -0.2) is 39.0 Å². The number of aromatic nitrogens is 2. The first-order valence-corrected chi connectivity index (χ1v) is 12.4. The predicted octanol–water partition coefficient (Wildman–Crippen LogP) is 6.44. The van der Waals surface area contributed by atoms with Crippen molar-refractivity contribution in [2.75, 3.05) is 0 Å². The molecule has 12 heteroatoms. The molecule has 0 saturated carbocycles. The monoisotopic (exact) mass is 575 g/mol. The molecule has 3 aromatic carbocycles. The number of amides is 1. The second-order valence-corrected chi connectivity index (χ2v) is 9.34. The summed E-state index contributed by atoms with van der Waals surface area (Å²) in [6.07, 6.45) is -6.41. The van der Waals surface area contributed by atoms with Crippen LogP contribution in [0.5, 0.6) is 0 Å². The van der Waals surface area contributed by atoms with Crippen molar-refractivity contribution in [3.8, 4) is 11.3 Å². The number of carbonyl (C=O) groups excluding carboxylic acids is 1. The average Bonchev–Trinajstić information content (AvgIpc) is 2.91. The minimum atomic E-state index is -4.83. The van der Waals surface area contributed by atoms with Gasteiger partial charge in [-0.15, -0.1) is 0 Å². The van der Waals surface area contributed by atoms with Gasteiger partial charge in [-0.1, -0.05) is 48.5 Å². The van der Waals surface area contributed by atoms with Gasteiger partial charge >= 0.3 is 18.1 Å². The highest BCUT2D eigenvalue weighted by molar-refractivity contribution is 5.83. The number of carboxylic acids is 1. The molecule has 6 nitrogen and oxygen atoms in total. The van der Waals surface area contributed by atoms with Crippen LogP contribution in [0.1, 0.15) is 35.7 Å². The van der Waals surface area contributed by atoms with Gasteiger partial charge in [0.15, 0.2) is 6.04 Å². The fourth-order valence-electron chi connectivity index (χ4n) is 4.24. The van der Waals surface area contributed by atoms with Crippen LogP contribution in [-0.2, 0) is 22.4 Å². The van der Waals surface area contributed by atoms with E-state index in [1.165, 1.54) is 12.1 Å². The summed E-state index contributed by atoms with van der Waals surface area (Å²) in [7, 11) is 0. The maximum absolute atomic E-state index is 13.6. The SMILES string of the molecule is O=C(Cc1ccc2nc(-c3ccccc3)c(CCCC(F)(F)C(=O)O)nc2c1)N[C@H](c1ccc(F)cc1)C(F)(F)F. The van der Waals surface area contributed by atoms with E-state index in [2.05, 4.69) is 9.97 Å². The maximum atomic E-state index is 13.6. The number of aryl methyl sites for hydroxylation is 1. The molecule has 0 aliphatic carbocycles. The lowest BCUT2D eigenvalue weighted by Gasteiger charge is -2.22. The van der Waals surface area contributed by atoms with Crippen LogP contribution in [0.4, 0.5) is 26.3 Å². The summed E-state index contributed by atoms with van der Waals surface area (Å²) in [5, 5.41) is 10.6. The number of rotatable bonds is 10. The minimum Gasteiger partial charge on any atom is -0.477 e.